The highest BCUT2D eigenvalue weighted by Gasteiger charge is 2.05. The molecule has 1 heterocycles. The molecule has 2 N–H and O–H groups in total. The van der Waals surface area contributed by atoms with Gasteiger partial charge in [0.25, 0.3) is 5.69 Å². The molecule has 2 rings (SSSR count). The van der Waals surface area contributed by atoms with Crippen molar-refractivity contribution in [3.05, 3.63) is 63.8 Å². The number of nitrogens with zero attached hydrogens (tertiary/aromatic N) is 3. The van der Waals surface area contributed by atoms with Crippen molar-refractivity contribution in [2.75, 3.05) is 5.32 Å². The lowest BCUT2D eigenvalue weighted by Gasteiger charge is -2.05. The molecule has 22 heavy (non-hydrogen) atoms. The lowest BCUT2D eigenvalue weighted by Crippen LogP contribution is -2.25. The minimum atomic E-state index is -0.552. The molecule has 1 aromatic carbocycles. The molecule has 1 aromatic heterocycles. The minimum absolute atomic E-state index is 0.0440. The second kappa shape index (κ2) is 6.93. The van der Waals surface area contributed by atoms with Crippen molar-refractivity contribution in [1.82, 2.24) is 10.4 Å². The van der Waals surface area contributed by atoms with Crippen LogP contribution in [0, 0.1) is 17.0 Å². The number of pyridine rings is 1. The number of benzene rings is 1. The number of rotatable bonds is 4. The average molecular weight is 299 g/mol. The summed E-state index contributed by atoms with van der Waals surface area (Å²) in [6, 6.07) is 8.93. The summed E-state index contributed by atoms with van der Waals surface area (Å²) >= 11 is 0. The van der Waals surface area contributed by atoms with E-state index in [0.29, 0.717) is 11.4 Å². The molecule has 0 aliphatic rings. The van der Waals surface area contributed by atoms with Gasteiger partial charge in [0.2, 0.25) is 0 Å². The van der Waals surface area contributed by atoms with Gasteiger partial charge >= 0.3 is 6.03 Å². The third-order valence-corrected chi connectivity index (χ3v) is 2.70. The Morgan fingerprint density at radius 1 is 1.36 bits per heavy atom. The molecule has 0 unspecified atom stereocenters. The molecule has 0 fully saturated rings. The summed E-state index contributed by atoms with van der Waals surface area (Å²) in [6.07, 6.45) is 2.88. The van der Waals surface area contributed by atoms with Gasteiger partial charge in [-0.05, 0) is 18.6 Å². The number of hydrazone groups is 1. The van der Waals surface area contributed by atoms with E-state index in [0.717, 1.165) is 5.56 Å². The van der Waals surface area contributed by atoms with Crippen LogP contribution in [-0.2, 0) is 0 Å². The Kier molecular flexibility index (Phi) is 4.76. The maximum Gasteiger partial charge on any atom is 0.340 e. The van der Waals surface area contributed by atoms with Crippen LogP contribution >= 0.6 is 0 Å². The molecule has 2 aromatic rings. The number of nitro benzene ring substituents is 1. The molecule has 0 radical (unpaired) electrons. The highest BCUT2D eigenvalue weighted by molar-refractivity contribution is 5.90. The number of amides is 2. The summed E-state index contributed by atoms with van der Waals surface area (Å²) in [6.45, 7) is 1.81. The number of carbonyl (C=O) groups excluding carboxylic acids is 1. The highest BCUT2D eigenvalue weighted by Crippen LogP contribution is 2.11. The molecule has 8 heteroatoms. The van der Waals surface area contributed by atoms with Gasteiger partial charge in [0, 0.05) is 23.9 Å². The van der Waals surface area contributed by atoms with E-state index >= 15 is 0 Å². The number of aryl methyl sites for hydroxylation is 1. The first kappa shape index (κ1) is 15.1. The summed E-state index contributed by atoms with van der Waals surface area (Å²) in [5.41, 5.74) is 3.54. The molecule has 0 aliphatic carbocycles. The van der Waals surface area contributed by atoms with Gasteiger partial charge in [-0.15, -0.1) is 0 Å². The summed E-state index contributed by atoms with van der Waals surface area (Å²) < 4.78 is 0. The number of anilines is 1. The number of aromatic nitrogens is 1. The zero-order chi connectivity index (χ0) is 15.9. The van der Waals surface area contributed by atoms with Gasteiger partial charge in [0.05, 0.1) is 11.1 Å². The van der Waals surface area contributed by atoms with Crippen molar-refractivity contribution in [2.24, 2.45) is 5.10 Å². The maximum absolute atomic E-state index is 11.6. The molecule has 0 saturated heterocycles. The van der Waals surface area contributed by atoms with Crippen LogP contribution in [0.3, 0.4) is 0 Å². The van der Waals surface area contributed by atoms with Gasteiger partial charge in [0.15, 0.2) is 0 Å². The first-order valence-corrected chi connectivity index (χ1v) is 6.32. The van der Waals surface area contributed by atoms with E-state index in [1.165, 1.54) is 24.4 Å². The normalized spacial score (nSPS) is 10.4. The van der Waals surface area contributed by atoms with Crippen LogP contribution in [0.25, 0.3) is 0 Å². The third kappa shape index (κ3) is 4.10. The third-order valence-electron chi connectivity index (χ3n) is 2.70. The fraction of sp³-hybridized carbons (Fsp3) is 0.0714. The fourth-order valence-corrected chi connectivity index (χ4v) is 1.64. The largest absolute Gasteiger partial charge is 0.340 e. The van der Waals surface area contributed by atoms with Crippen LogP contribution in [0.5, 0.6) is 0 Å². The number of carbonyl (C=O) groups is 1. The quantitative estimate of drug-likeness (QED) is 0.513. The van der Waals surface area contributed by atoms with Gasteiger partial charge in [-0.2, -0.15) is 5.10 Å². The van der Waals surface area contributed by atoms with Gasteiger partial charge in [-0.1, -0.05) is 18.2 Å². The van der Waals surface area contributed by atoms with Crippen LogP contribution in [0.4, 0.5) is 16.3 Å². The van der Waals surface area contributed by atoms with Crippen LogP contribution in [-0.4, -0.2) is 22.2 Å². The lowest BCUT2D eigenvalue weighted by molar-refractivity contribution is -0.384. The predicted molar refractivity (Wildman–Crippen MR) is 81.8 cm³/mol. The van der Waals surface area contributed by atoms with Crippen molar-refractivity contribution in [2.45, 2.75) is 6.92 Å². The molecular formula is C14H13N5O3. The van der Waals surface area contributed by atoms with E-state index in [2.05, 4.69) is 20.8 Å². The fourth-order valence-electron chi connectivity index (χ4n) is 1.64. The molecule has 0 aliphatic heterocycles. The molecular weight excluding hydrogens is 286 g/mol. The monoisotopic (exact) mass is 299 g/mol. The Morgan fingerprint density at radius 3 is 2.91 bits per heavy atom. The summed E-state index contributed by atoms with van der Waals surface area (Å²) in [4.78, 5) is 25.8. The smallest absolute Gasteiger partial charge is 0.291 e. The Balaban J connectivity index is 1.95. The van der Waals surface area contributed by atoms with Crippen molar-refractivity contribution < 1.29 is 9.72 Å². The van der Waals surface area contributed by atoms with Crippen molar-refractivity contribution in [3.8, 4) is 0 Å². The maximum atomic E-state index is 11.6. The Bertz CT molecular complexity index is 730. The standard InChI is InChI=1S/C14H13N5O3/c1-10-4-3-7-15-13(10)17-14(20)18-16-9-11-5-2-6-12(8-11)19(21)22/h2-9H,1H3,(H2,15,17,18,20)/b16-9+. The van der Waals surface area contributed by atoms with E-state index < -0.39 is 11.0 Å². The number of non-ortho nitro benzene ring substituents is 1. The molecule has 112 valence electrons. The molecule has 2 amide bonds. The van der Waals surface area contributed by atoms with E-state index in [9.17, 15) is 14.9 Å². The molecule has 8 nitrogen and oxygen atoms in total. The van der Waals surface area contributed by atoms with E-state index in [1.54, 1.807) is 18.3 Å². The van der Waals surface area contributed by atoms with Crippen molar-refractivity contribution >= 4 is 23.8 Å². The second-order valence-electron chi connectivity index (χ2n) is 4.35. The van der Waals surface area contributed by atoms with Crippen molar-refractivity contribution in [1.29, 1.82) is 0 Å². The highest BCUT2D eigenvalue weighted by atomic mass is 16.6. The minimum Gasteiger partial charge on any atom is -0.291 e. The molecule has 0 saturated carbocycles. The van der Waals surface area contributed by atoms with Gasteiger partial charge in [-0.25, -0.2) is 15.2 Å². The number of nitro groups is 1. The lowest BCUT2D eigenvalue weighted by atomic mass is 10.2. The molecule has 0 atom stereocenters. The van der Waals surface area contributed by atoms with Gasteiger partial charge < -0.3 is 0 Å². The second-order valence-corrected chi connectivity index (χ2v) is 4.35. The molecule has 0 spiro atoms. The van der Waals surface area contributed by atoms with Crippen LogP contribution < -0.4 is 10.7 Å². The SMILES string of the molecule is Cc1cccnc1NC(=O)N/N=C/c1cccc([N+](=O)[O-])c1. The summed E-state index contributed by atoms with van der Waals surface area (Å²) in [7, 11) is 0. The van der Waals surface area contributed by atoms with Crippen LogP contribution in [0.2, 0.25) is 0 Å². The van der Waals surface area contributed by atoms with Gasteiger partial charge in [0.1, 0.15) is 5.82 Å². The van der Waals surface area contributed by atoms with E-state index in [-0.39, 0.29) is 5.69 Å². The van der Waals surface area contributed by atoms with Crippen molar-refractivity contribution in [3.63, 3.8) is 0 Å². The Morgan fingerprint density at radius 2 is 2.18 bits per heavy atom. The summed E-state index contributed by atoms with van der Waals surface area (Å²) in [5, 5.41) is 16.9. The van der Waals surface area contributed by atoms with E-state index in [4.69, 9.17) is 0 Å². The number of urea groups is 1. The Hall–Kier alpha value is -3.29. The average Bonchev–Trinajstić information content (AvgIpc) is 2.50. The first-order valence-electron chi connectivity index (χ1n) is 6.32. The number of hydrogen-bond donors (Lipinski definition) is 2. The zero-order valence-corrected chi connectivity index (χ0v) is 11.7. The number of hydrogen-bond acceptors (Lipinski definition) is 5. The Labute approximate surface area is 126 Å². The predicted octanol–water partition coefficient (Wildman–Crippen LogP) is 2.45. The first-order chi connectivity index (χ1) is 10.6. The van der Waals surface area contributed by atoms with E-state index in [1.807, 2.05) is 13.0 Å². The number of nitrogens with one attached hydrogen (secondary N) is 2. The summed E-state index contributed by atoms with van der Waals surface area (Å²) in [5.74, 6) is 0.436. The zero-order valence-electron chi connectivity index (χ0n) is 11.7. The topological polar surface area (TPSA) is 110 Å². The van der Waals surface area contributed by atoms with Gasteiger partial charge in [-0.3, -0.25) is 15.4 Å². The van der Waals surface area contributed by atoms with Crippen LogP contribution in [0.1, 0.15) is 11.1 Å². The molecule has 0 bridgehead atoms. The van der Waals surface area contributed by atoms with Crippen LogP contribution in [0.15, 0.2) is 47.7 Å².